The van der Waals surface area contributed by atoms with Crippen LogP contribution in [0.1, 0.15) is 24.0 Å². The molecule has 1 fully saturated rings. The SMILES string of the molecule is Cc1ccccc1CNC(=O)CN1CCC(C(=O)O)CC1.Cl. The summed E-state index contributed by atoms with van der Waals surface area (Å²) < 4.78 is 0. The van der Waals surface area contributed by atoms with Gasteiger partial charge in [0.2, 0.25) is 5.91 Å². The van der Waals surface area contributed by atoms with Gasteiger partial charge in [-0.1, -0.05) is 24.3 Å². The molecule has 2 rings (SSSR count). The van der Waals surface area contributed by atoms with Gasteiger partial charge in [-0.25, -0.2) is 0 Å². The van der Waals surface area contributed by atoms with Gasteiger partial charge in [0.05, 0.1) is 12.5 Å². The Morgan fingerprint density at radius 2 is 1.91 bits per heavy atom. The summed E-state index contributed by atoms with van der Waals surface area (Å²) >= 11 is 0. The molecule has 1 aliphatic rings. The van der Waals surface area contributed by atoms with E-state index in [1.807, 2.05) is 36.1 Å². The molecule has 1 aliphatic heterocycles. The zero-order valence-electron chi connectivity index (χ0n) is 12.7. The van der Waals surface area contributed by atoms with Crippen molar-refractivity contribution in [3.63, 3.8) is 0 Å². The van der Waals surface area contributed by atoms with E-state index in [4.69, 9.17) is 5.11 Å². The van der Waals surface area contributed by atoms with E-state index in [2.05, 4.69) is 5.32 Å². The molecule has 1 amide bonds. The summed E-state index contributed by atoms with van der Waals surface area (Å²) in [5.41, 5.74) is 2.29. The van der Waals surface area contributed by atoms with Crippen molar-refractivity contribution in [1.82, 2.24) is 10.2 Å². The highest BCUT2D eigenvalue weighted by atomic mass is 35.5. The zero-order chi connectivity index (χ0) is 15.2. The molecule has 5 nitrogen and oxygen atoms in total. The second-order valence-corrected chi connectivity index (χ2v) is 5.59. The Labute approximate surface area is 137 Å². The number of hydrogen-bond donors (Lipinski definition) is 2. The standard InChI is InChI=1S/C16H22N2O3.ClH/c1-12-4-2-3-5-14(12)10-17-15(19)11-18-8-6-13(7-9-18)16(20)21;/h2-5,13H,6-11H2,1H3,(H,17,19)(H,20,21);1H. The maximum atomic E-state index is 11.9. The summed E-state index contributed by atoms with van der Waals surface area (Å²) in [6.07, 6.45) is 1.25. The van der Waals surface area contributed by atoms with Gasteiger partial charge < -0.3 is 10.4 Å². The van der Waals surface area contributed by atoms with Crippen LogP contribution in [0.2, 0.25) is 0 Å². The lowest BCUT2D eigenvalue weighted by Gasteiger charge is -2.29. The zero-order valence-corrected chi connectivity index (χ0v) is 13.6. The number of aliphatic carboxylic acids is 1. The quantitative estimate of drug-likeness (QED) is 0.866. The molecule has 1 saturated heterocycles. The van der Waals surface area contributed by atoms with Crippen LogP contribution in [0.4, 0.5) is 0 Å². The molecular formula is C16H23ClN2O3. The minimum atomic E-state index is -0.723. The number of carbonyl (C=O) groups excluding carboxylic acids is 1. The third-order valence-electron chi connectivity index (χ3n) is 4.04. The van der Waals surface area contributed by atoms with E-state index < -0.39 is 5.97 Å². The van der Waals surface area contributed by atoms with Gasteiger partial charge in [0.1, 0.15) is 0 Å². The summed E-state index contributed by atoms with van der Waals surface area (Å²) in [6, 6.07) is 7.98. The maximum Gasteiger partial charge on any atom is 0.306 e. The fraction of sp³-hybridized carbons (Fsp3) is 0.500. The fourth-order valence-corrected chi connectivity index (χ4v) is 2.60. The van der Waals surface area contributed by atoms with E-state index >= 15 is 0 Å². The van der Waals surface area contributed by atoms with Crippen LogP contribution < -0.4 is 5.32 Å². The minimum absolute atomic E-state index is 0. The minimum Gasteiger partial charge on any atom is -0.481 e. The van der Waals surface area contributed by atoms with E-state index in [-0.39, 0.29) is 24.2 Å². The summed E-state index contributed by atoms with van der Waals surface area (Å²) in [7, 11) is 0. The van der Waals surface area contributed by atoms with Gasteiger partial charge in [-0.3, -0.25) is 14.5 Å². The van der Waals surface area contributed by atoms with Crippen LogP contribution in [0, 0.1) is 12.8 Å². The molecule has 1 aromatic carbocycles. The molecule has 0 spiro atoms. The van der Waals surface area contributed by atoms with Crippen molar-refractivity contribution in [3.8, 4) is 0 Å². The van der Waals surface area contributed by atoms with Gasteiger partial charge in [0.25, 0.3) is 0 Å². The molecule has 2 N–H and O–H groups in total. The van der Waals surface area contributed by atoms with Crippen molar-refractivity contribution in [2.45, 2.75) is 26.3 Å². The van der Waals surface area contributed by atoms with Crippen molar-refractivity contribution in [2.75, 3.05) is 19.6 Å². The average molecular weight is 327 g/mol. The first kappa shape index (κ1) is 18.5. The number of piperidine rings is 1. The summed E-state index contributed by atoms with van der Waals surface area (Å²) in [6.45, 7) is 4.26. The number of carboxylic acids is 1. The first-order valence-electron chi connectivity index (χ1n) is 7.32. The molecule has 6 heteroatoms. The van der Waals surface area contributed by atoms with E-state index in [1.165, 1.54) is 5.56 Å². The molecular weight excluding hydrogens is 304 g/mol. The smallest absolute Gasteiger partial charge is 0.306 e. The van der Waals surface area contributed by atoms with E-state index in [9.17, 15) is 9.59 Å². The number of halogens is 1. The largest absolute Gasteiger partial charge is 0.481 e. The molecule has 22 heavy (non-hydrogen) atoms. The van der Waals surface area contributed by atoms with Gasteiger partial charge in [-0.15, -0.1) is 12.4 Å². The number of carboxylic acid groups (broad SMARTS) is 1. The second-order valence-electron chi connectivity index (χ2n) is 5.59. The summed E-state index contributed by atoms with van der Waals surface area (Å²) in [5.74, 6) is -0.984. The number of amides is 1. The third-order valence-corrected chi connectivity index (χ3v) is 4.04. The highest BCUT2D eigenvalue weighted by Gasteiger charge is 2.25. The Kier molecular flexibility index (Phi) is 7.35. The second kappa shape index (κ2) is 8.76. The summed E-state index contributed by atoms with van der Waals surface area (Å²) in [5, 5.41) is 11.9. The van der Waals surface area contributed by atoms with Crippen LogP contribution in [0.15, 0.2) is 24.3 Å². The van der Waals surface area contributed by atoms with Crippen LogP contribution in [0.25, 0.3) is 0 Å². The van der Waals surface area contributed by atoms with E-state index in [1.54, 1.807) is 0 Å². The number of nitrogens with one attached hydrogen (secondary N) is 1. The number of nitrogens with zero attached hydrogens (tertiary/aromatic N) is 1. The van der Waals surface area contributed by atoms with Gasteiger partial charge in [0.15, 0.2) is 0 Å². The molecule has 1 aromatic rings. The van der Waals surface area contributed by atoms with Crippen LogP contribution in [-0.2, 0) is 16.1 Å². The predicted molar refractivity (Wildman–Crippen MR) is 87.1 cm³/mol. The number of aryl methyl sites for hydroxylation is 1. The van der Waals surface area contributed by atoms with Gasteiger partial charge in [-0.05, 0) is 44.0 Å². The lowest BCUT2D eigenvalue weighted by atomic mass is 9.97. The van der Waals surface area contributed by atoms with Gasteiger partial charge >= 0.3 is 5.97 Å². The number of carbonyl (C=O) groups is 2. The Morgan fingerprint density at radius 3 is 2.50 bits per heavy atom. The molecule has 0 unspecified atom stereocenters. The van der Waals surface area contributed by atoms with E-state index in [0.717, 1.165) is 5.56 Å². The first-order valence-corrected chi connectivity index (χ1v) is 7.32. The molecule has 1 heterocycles. The van der Waals surface area contributed by atoms with Crippen molar-refractivity contribution in [3.05, 3.63) is 35.4 Å². The molecule has 0 atom stereocenters. The Hall–Kier alpha value is -1.59. The van der Waals surface area contributed by atoms with Crippen LogP contribution in [-0.4, -0.2) is 41.5 Å². The molecule has 0 aliphatic carbocycles. The van der Waals surface area contributed by atoms with Crippen LogP contribution in [0.5, 0.6) is 0 Å². The van der Waals surface area contributed by atoms with Crippen molar-refractivity contribution >= 4 is 24.3 Å². The normalized spacial score (nSPS) is 15.9. The molecule has 0 bridgehead atoms. The monoisotopic (exact) mass is 326 g/mol. The van der Waals surface area contributed by atoms with E-state index in [0.29, 0.717) is 39.0 Å². The Bertz CT molecular complexity index is 514. The Balaban J connectivity index is 0.00000242. The molecule has 0 aromatic heterocycles. The van der Waals surface area contributed by atoms with Crippen molar-refractivity contribution in [1.29, 1.82) is 0 Å². The number of rotatable bonds is 5. The highest BCUT2D eigenvalue weighted by Crippen LogP contribution is 2.16. The van der Waals surface area contributed by atoms with Crippen molar-refractivity contribution in [2.24, 2.45) is 5.92 Å². The number of likely N-dealkylation sites (tertiary alicyclic amines) is 1. The highest BCUT2D eigenvalue weighted by molar-refractivity contribution is 5.85. The Morgan fingerprint density at radius 1 is 1.27 bits per heavy atom. The van der Waals surface area contributed by atoms with Gasteiger partial charge in [0, 0.05) is 6.54 Å². The van der Waals surface area contributed by atoms with Crippen LogP contribution >= 0.6 is 12.4 Å². The number of benzene rings is 1. The third kappa shape index (κ3) is 5.31. The number of hydrogen-bond acceptors (Lipinski definition) is 3. The predicted octanol–water partition coefficient (Wildman–Crippen LogP) is 1.83. The summed E-state index contributed by atoms with van der Waals surface area (Å²) in [4.78, 5) is 24.8. The van der Waals surface area contributed by atoms with Gasteiger partial charge in [-0.2, -0.15) is 0 Å². The molecule has 0 saturated carbocycles. The van der Waals surface area contributed by atoms with Crippen molar-refractivity contribution < 1.29 is 14.7 Å². The lowest BCUT2D eigenvalue weighted by Crippen LogP contribution is -2.42. The average Bonchev–Trinajstić information content (AvgIpc) is 2.47. The topological polar surface area (TPSA) is 69.6 Å². The molecule has 122 valence electrons. The molecule has 0 radical (unpaired) electrons. The fourth-order valence-electron chi connectivity index (χ4n) is 2.60. The lowest BCUT2D eigenvalue weighted by molar-refractivity contribution is -0.143. The maximum absolute atomic E-state index is 11.9. The van der Waals surface area contributed by atoms with Crippen LogP contribution in [0.3, 0.4) is 0 Å². The first-order chi connectivity index (χ1) is 10.1.